The summed E-state index contributed by atoms with van der Waals surface area (Å²) in [6, 6.07) is 15.4. The lowest BCUT2D eigenvalue weighted by molar-refractivity contribution is 0.607. The fourth-order valence-electron chi connectivity index (χ4n) is 2.38. The van der Waals surface area contributed by atoms with E-state index < -0.39 is 10.0 Å². The van der Waals surface area contributed by atoms with Gasteiger partial charge in [-0.3, -0.25) is 9.82 Å². The van der Waals surface area contributed by atoms with Crippen molar-refractivity contribution < 1.29 is 8.42 Å². The molecule has 6 nitrogen and oxygen atoms in total. The Morgan fingerprint density at radius 2 is 1.80 bits per heavy atom. The first-order chi connectivity index (χ1) is 11.8. The average Bonchev–Trinajstić information content (AvgIpc) is 2.98. The van der Waals surface area contributed by atoms with Gasteiger partial charge in [0.05, 0.1) is 11.9 Å². The Morgan fingerprint density at radius 1 is 1.08 bits per heavy atom. The number of rotatable bonds is 5. The molecule has 0 spiro atoms. The summed E-state index contributed by atoms with van der Waals surface area (Å²) in [4.78, 5) is 0. The van der Waals surface area contributed by atoms with Crippen LogP contribution in [0.15, 0.2) is 48.5 Å². The molecule has 25 heavy (non-hydrogen) atoms. The smallest absolute Gasteiger partial charge is 0.229 e. The summed E-state index contributed by atoms with van der Waals surface area (Å²) in [5, 5.41) is 10.5. The third-order valence-electron chi connectivity index (χ3n) is 3.53. The summed E-state index contributed by atoms with van der Waals surface area (Å²) >= 11 is 2.27. The van der Waals surface area contributed by atoms with Crippen LogP contribution < -0.4 is 10.0 Å². The molecule has 1 aromatic heterocycles. The van der Waals surface area contributed by atoms with Gasteiger partial charge in [-0.1, -0.05) is 12.1 Å². The molecule has 0 saturated heterocycles. The van der Waals surface area contributed by atoms with Gasteiger partial charge in [0.1, 0.15) is 0 Å². The summed E-state index contributed by atoms with van der Waals surface area (Å²) in [5.74, 6) is 0.695. The zero-order chi connectivity index (χ0) is 18.0. The maximum absolute atomic E-state index is 11.3. The second-order valence-electron chi connectivity index (χ2n) is 5.70. The second-order valence-corrected chi connectivity index (χ2v) is 8.70. The summed E-state index contributed by atoms with van der Waals surface area (Å²) in [5.41, 5.74) is 4.29. The van der Waals surface area contributed by atoms with Gasteiger partial charge in [0, 0.05) is 21.0 Å². The molecular weight excluding hydrogens is 451 g/mol. The number of benzene rings is 2. The van der Waals surface area contributed by atoms with Crippen molar-refractivity contribution in [1.82, 2.24) is 10.2 Å². The molecule has 3 aromatic rings. The molecule has 0 radical (unpaired) electrons. The predicted octanol–water partition coefficient (Wildman–Crippen LogP) is 4.10. The van der Waals surface area contributed by atoms with Crippen molar-refractivity contribution in [1.29, 1.82) is 0 Å². The lowest BCUT2D eigenvalue weighted by atomic mass is 10.1. The van der Waals surface area contributed by atoms with Crippen LogP contribution in [0.4, 0.5) is 17.2 Å². The fourth-order valence-corrected chi connectivity index (χ4v) is 3.30. The highest BCUT2D eigenvalue weighted by atomic mass is 127. The highest BCUT2D eigenvalue weighted by molar-refractivity contribution is 14.1. The quantitative estimate of drug-likeness (QED) is 0.492. The summed E-state index contributed by atoms with van der Waals surface area (Å²) in [7, 11) is -3.28. The Kier molecular flexibility index (Phi) is 5.00. The van der Waals surface area contributed by atoms with E-state index in [1.165, 1.54) is 3.57 Å². The Bertz CT molecular complexity index is 998. The van der Waals surface area contributed by atoms with Crippen LogP contribution in [-0.2, 0) is 10.0 Å². The SMILES string of the molecule is Cc1cc(NS(C)(=O)=O)ccc1Nc1cc(-c2ccc(I)cc2)[nH]n1. The van der Waals surface area contributed by atoms with Crippen LogP contribution >= 0.6 is 22.6 Å². The number of anilines is 3. The predicted molar refractivity (Wildman–Crippen MR) is 110 cm³/mol. The Labute approximate surface area is 160 Å². The molecule has 8 heteroatoms. The van der Waals surface area contributed by atoms with Crippen LogP contribution in [-0.4, -0.2) is 24.9 Å². The van der Waals surface area contributed by atoms with Crippen LogP contribution in [0.2, 0.25) is 0 Å². The topological polar surface area (TPSA) is 86.9 Å². The van der Waals surface area contributed by atoms with E-state index in [-0.39, 0.29) is 0 Å². The van der Waals surface area contributed by atoms with E-state index >= 15 is 0 Å². The van der Waals surface area contributed by atoms with Crippen molar-refractivity contribution in [2.75, 3.05) is 16.3 Å². The molecule has 0 atom stereocenters. The highest BCUT2D eigenvalue weighted by Crippen LogP contribution is 2.26. The first-order valence-corrected chi connectivity index (χ1v) is 10.4. The summed E-state index contributed by atoms with van der Waals surface area (Å²) in [6.45, 7) is 1.91. The molecule has 0 aliphatic heterocycles. The van der Waals surface area contributed by atoms with E-state index in [0.717, 1.165) is 28.8 Å². The van der Waals surface area contributed by atoms with Gasteiger partial charge in [0.25, 0.3) is 0 Å². The number of aromatic nitrogens is 2. The number of halogens is 1. The van der Waals surface area contributed by atoms with Gasteiger partial charge in [-0.15, -0.1) is 0 Å². The molecule has 0 saturated carbocycles. The van der Waals surface area contributed by atoms with E-state index in [9.17, 15) is 8.42 Å². The number of aromatic amines is 1. The van der Waals surface area contributed by atoms with Gasteiger partial charge < -0.3 is 5.32 Å². The maximum Gasteiger partial charge on any atom is 0.229 e. The fraction of sp³-hybridized carbons (Fsp3) is 0.118. The zero-order valence-electron chi connectivity index (χ0n) is 13.7. The highest BCUT2D eigenvalue weighted by Gasteiger charge is 2.07. The Hall–Kier alpha value is -2.07. The molecule has 3 N–H and O–H groups in total. The molecule has 3 rings (SSSR count). The average molecular weight is 468 g/mol. The molecule has 0 unspecified atom stereocenters. The summed E-state index contributed by atoms with van der Waals surface area (Å²) < 4.78 is 26.3. The Morgan fingerprint density at radius 3 is 2.44 bits per heavy atom. The minimum absolute atomic E-state index is 0.534. The van der Waals surface area contributed by atoms with Gasteiger partial charge in [0.15, 0.2) is 5.82 Å². The number of nitrogens with zero attached hydrogens (tertiary/aromatic N) is 1. The number of nitrogens with one attached hydrogen (secondary N) is 3. The molecular formula is C17H17IN4O2S. The normalized spacial score (nSPS) is 11.3. The van der Waals surface area contributed by atoms with Gasteiger partial charge in [-0.05, 0) is 71.0 Å². The lowest BCUT2D eigenvalue weighted by Gasteiger charge is -2.10. The number of H-pyrrole nitrogens is 1. The van der Waals surface area contributed by atoms with Gasteiger partial charge >= 0.3 is 0 Å². The number of hydrogen-bond donors (Lipinski definition) is 3. The van der Waals surface area contributed by atoms with Crippen molar-refractivity contribution in [3.05, 3.63) is 57.7 Å². The third-order valence-corrected chi connectivity index (χ3v) is 4.85. The molecule has 2 aromatic carbocycles. The minimum Gasteiger partial charge on any atom is -0.339 e. The van der Waals surface area contributed by atoms with Gasteiger partial charge in [-0.2, -0.15) is 5.10 Å². The monoisotopic (exact) mass is 468 g/mol. The van der Waals surface area contributed by atoms with Crippen molar-refractivity contribution in [3.8, 4) is 11.3 Å². The standard InChI is InChI=1S/C17H17IN4O2S/c1-11-9-14(22-25(2,23)24)7-8-15(11)19-17-10-16(20-21-17)12-3-5-13(18)6-4-12/h3-10,22H,1-2H3,(H2,19,20,21). The van der Waals surface area contributed by atoms with Crippen molar-refractivity contribution in [2.24, 2.45) is 0 Å². The van der Waals surface area contributed by atoms with Crippen LogP contribution in [0.3, 0.4) is 0 Å². The molecule has 0 aliphatic carbocycles. The molecule has 0 bridgehead atoms. The zero-order valence-corrected chi connectivity index (χ0v) is 16.6. The number of aryl methyl sites for hydroxylation is 1. The largest absolute Gasteiger partial charge is 0.339 e. The Balaban J connectivity index is 1.78. The maximum atomic E-state index is 11.3. The molecule has 130 valence electrons. The molecule has 0 fully saturated rings. The van der Waals surface area contributed by atoms with E-state index in [1.54, 1.807) is 12.1 Å². The van der Waals surface area contributed by atoms with E-state index in [1.807, 2.05) is 43.3 Å². The number of sulfonamides is 1. The van der Waals surface area contributed by atoms with Crippen LogP contribution in [0.1, 0.15) is 5.56 Å². The number of hydrogen-bond acceptors (Lipinski definition) is 4. The van der Waals surface area contributed by atoms with E-state index in [4.69, 9.17) is 0 Å². The van der Waals surface area contributed by atoms with Crippen molar-refractivity contribution >= 4 is 49.8 Å². The third kappa shape index (κ3) is 4.73. The molecule has 0 aliphatic rings. The first-order valence-electron chi connectivity index (χ1n) is 7.47. The van der Waals surface area contributed by atoms with Gasteiger partial charge in [0.2, 0.25) is 10.0 Å². The van der Waals surface area contributed by atoms with Crippen molar-refractivity contribution in [3.63, 3.8) is 0 Å². The summed E-state index contributed by atoms with van der Waals surface area (Å²) in [6.07, 6.45) is 1.13. The molecule has 0 amide bonds. The van der Waals surface area contributed by atoms with E-state index in [2.05, 4.69) is 42.8 Å². The van der Waals surface area contributed by atoms with Gasteiger partial charge in [-0.25, -0.2) is 8.42 Å². The minimum atomic E-state index is -3.28. The lowest BCUT2D eigenvalue weighted by Crippen LogP contribution is -2.09. The second kappa shape index (κ2) is 7.04. The van der Waals surface area contributed by atoms with Crippen LogP contribution in [0.5, 0.6) is 0 Å². The molecule has 1 heterocycles. The first kappa shape index (κ1) is 17.7. The van der Waals surface area contributed by atoms with Crippen LogP contribution in [0, 0.1) is 10.5 Å². The van der Waals surface area contributed by atoms with E-state index in [0.29, 0.717) is 11.5 Å². The van der Waals surface area contributed by atoms with Crippen molar-refractivity contribution in [2.45, 2.75) is 6.92 Å². The van der Waals surface area contributed by atoms with Crippen LogP contribution in [0.25, 0.3) is 11.3 Å².